The number of anilines is 6. The van der Waals surface area contributed by atoms with E-state index in [1.165, 1.54) is 104 Å². The molecule has 2 aliphatic heterocycles. The summed E-state index contributed by atoms with van der Waals surface area (Å²) < 4.78 is 2.66. The Bertz CT molecular complexity index is 2670. The summed E-state index contributed by atoms with van der Waals surface area (Å²) in [5, 5.41) is 2.65. The lowest BCUT2D eigenvalue weighted by molar-refractivity contribution is 1.24. The zero-order valence-electron chi connectivity index (χ0n) is 28.7. The summed E-state index contributed by atoms with van der Waals surface area (Å²) in [4.78, 5) is 5.04. The van der Waals surface area contributed by atoms with Gasteiger partial charge in [0, 0.05) is 59.7 Å². The van der Waals surface area contributed by atoms with E-state index in [0.29, 0.717) is 0 Å². The van der Waals surface area contributed by atoms with Gasteiger partial charge in [-0.15, -0.1) is 11.3 Å². The standard InChI is InChI=1S/C46H35BN2S/c1-28-15-20-32(21-16-28)48-40-23-18-30(3)26-37(40)47-38-27-31(4)19-24-41(38)49(43-13-8-12-42(48)45(43)47)39-22-17-29(2)25-36(39)35-11-7-10-34-33-9-5-6-14-44(33)50-46(34)35/h5-27H,1-4H3. The van der Waals surface area contributed by atoms with Crippen LogP contribution in [0.2, 0.25) is 0 Å². The molecular weight excluding hydrogens is 623 g/mol. The number of nitrogens with zero attached hydrogens (tertiary/aromatic N) is 2. The van der Waals surface area contributed by atoms with E-state index in [-0.39, 0.29) is 6.71 Å². The Morgan fingerprint density at radius 3 is 1.76 bits per heavy atom. The first-order valence-corrected chi connectivity index (χ1v) is 18.3. The van der Waals surface area contributed by atoms with Crippen molar-refractivity contribution in [3.8, 4) is 11.1 Å². The maximum atomic E-state index is 2.55. The van der Waals surface area contributed by atoms with E-state index >= 15 is 0 Å². The first kappa shape index (κ1) is 29.4. The molecule has 0 fully saturated rings. The summed E-state index contributed by atoms with van der Waals surface area (Å²) in [6.07, 6.45) is 0. The fraction of sp³-hybridized carbons (Fsp3) is 0.0870. The molecule has 0 N–H and O–H groups in total. The lowest BCUT2D eigenvalue weighted by atomic mass is 9.33. The summed E-state index contributed by atoms with van der Waals surface area (Å²) in [5.41, 5.74) is 19.0. The average Bonchev–Trinajstić information content (AvgIpc) is 3.51. The van der Waals surface area contributed by atoms with Crippen LogP contribution in [0.1, 0.15) is 22.3 Å². The number of thiophene rings is 1. The fourth-order valence-corrected chi connectivity index (χ4v) is 9.66. The minimum Gasteiger partial charge on any atom is -0.311 e. The quantitative estimate of drug-likeness (QED) is 0.174. The van der Waals surface area contributed by atoms with Crippen LogP contribution in [-0.2, 0) is 0 Å². The Labute approximate surface area is 298 Å². The monoisotopic (exact) mass is 658 g/mol. The van der Waals surface area contributed by atoms with Crippen molar-refractivity contribution in [3.05, 3.63) is 162 Å². The van der Waals surface area contributed by atoms with E-state index in [2.05, 4.69) is 177 Å². The number of fused-ring (bicyclic) bond motifs is 7. The summed E-state index contributed by atoms with van der Waals surface area (Å²) in [6, 6.07) is 52.6. The molecule has 8 aromatic rings. The van der Waals surface area contributed by atoms with Crippen LogP contribution in [0.4, 0.5) is 34.1 Å². The molecular formula is C46H35BN2S. The first-order valence-electron chi connectivity index (χ1n) is 17.5. The van der Waals surface area contributed by atoms with Crippen LogP contribution in [0, 0.1) is 27.7 Å². The largest absolute Gasteiger partial charge is 0.311 e. The van der Waals surface area contributed by atoms with Gasteiger partial charge in [-0.05, 0) is 98.7 Å². The van der Waals surface area contributed by atoms with Crippen molar-refractivity contribution in [1.29, 1.82) is 0 Å². The number of hydrogen-bond donors (Lipinski definition) is 0. The van der Waals surface area contributed by atoms with E-state index in [9.17, 15) is 0 Å². The van der Waals surface area contributed by atoms with Gasteiger partial charge in [-0.3, -0.25) is 0 Å². The highest BCUT2D eigenvalue weighted by Crippen LogP contribution is 2.48. The van der Waals surface area contributed by atoms with Gasteiger partial charge in [0.05, 0.1) is 5.69 Å². The van der Waals surface area contributed by atoms with Gasteiger partial charge in [-0.2, -0.15) is 0 Å². The van der Waals surface area contributed by atoms with Gasteiger partial charge < -0.3 is 9.80 Å². The Morgan fingerprint density at radius 2 is 1.02 bits per heavy atom. The molecule has 0 spiro atoms. The highest BCUT2D eigenvalue weighted by molar-refractivity contribution is 7.26. The molecule has 10 rings (SSSR count). The molecule has 0 bridgehead atoms. The minimum absolute atomic E-state index is 0.115. The third kappa shape index (κ3) is 4.28. The molecule has 0 unspecified atom stereocenters. The Kier molecular flexibility index (Phi) is 6.44. The van der Waals surface area contributed by atoms with Crippen molar-refractivity contribution < 1.29 is 0 Å². The van der Waals surface area contributed by atoms with E-state index in [0.717, 1.165) is 0 Å². The molecule has 0 aliphatic carbocycles. The van der Waals surface area contributed by atoms with Gasteiger partial charge in [0.25, 0.3) is 6.71 Å². The molecule has 4 heteroatoms. The molecule has 0 amide bonds. The van der Waals surface area contributed by atoms with Gasteiger partial charge >= 0.3 is 0 Å². The smallest absolute Gasteiger partial charge is 0.252 e. The molecule has 0 saturated carbocycles. The van der Waals surface area contributed by atoms with Crippen molar-refractivity contribution in [2.24, 2.45) is 0 Å². The summed E-state index contributed by atoms with van der Waals surface area (Å²) >= 11 is 1.90. The number of hydrogen-bond acceptors (Lipinski definition) is 3. The van der Waals surface area contributed by atoms with Gasteiger partial charge in [0.1, 0.15) is 0 Å². The SMILES string of the molecule is Cc1ccc(N2c3ccc(C)cc3B3c4cc(C)ccc4N(c4ccc(C)cc4-c4cccc5c4sc4ccccc45)c4cccc2c43)cc1. The molecule has 2 nitrogen and oxygen atoms in total. The highest BCUT2D eigenvalue weighted by atomic mass is 32.1. The van der Waals surface area contributed by atoms with Crippen LogP contribution in [0.5, 0.6) is 0 Å². The van der Waals surface area contributed by atoms with Crippen LogP contribution >= 0.6 is 11.3 Å². The lowest BCUT2D eigenvalue weighted by Crippen LogP contribution is -2.61. The maximum absolute atomic E-state index is 2.55. The molecule has 3 heterocycles. The molecule has 50 heavy (non-hydrogen) atoms. The number of aryl methyl sites for hydroxylation is 4. The summed E-state index contributed by atoms with van der Waals surface area (Å²) in [5.74, 6) is 0. The highest BCUT2D eigenvalue weighted by Gasteiger charge is 2.43. The second-order valence-corrected chi connectivity index (χ2v) is 15.1. The average molecular weight is 659 g/mol. The van der Waals surface area contributed by atoms with Gasteiger partial charge in [-0.1, -0.05) is 107 Å². The van der Waals surface area contributed by atoms with Gasteiger partial charge in [0.15, 0.2) is 0 Å². The zero-order valence-corrected chi connectivity index (χ0v) is 29.5. The molecule has 0 saturated heterocycles. The molecule has 0 radical (unpaired) electrons. The second kappa shape index (κ2) is 11.0. The zero-order chi connectivity index (χ0) is 33.7. The van der Waals surface area contributed by atoms with Crippen molar-refractivity contribution in [2.75, 3.05) is 9.80 Å². The van der Waals surface area contributed by atoms with Gasteiger partial charge in [0.2, 0.25) is 0 Å². The van der Waals surface area contributed by atoms with Crippen molar-refractivity contribution in [3.63, 3.8) is 0 Å². The van der Waals surface area contributed by atoms with Crippen molar-refractivity contribution >= 4 is 88.7 Å². The van der Waals surface area contributed by atoms with E-state index in [1.54, 1.807) is 0 Å². The maximum Gasteiger partial charge on any atom is 0.252 e. The summed E-state index contributed by atoms with van der Waals surface area (Å²) in [6.45, 7) is 8.93. The predicted octanol–water partition coefficient (Wildman–Crippen LogP) is 11.0. The van der Waals surface area contributed by atoms with Crippen LogP contribution in [-0.4, -0.2) is 6.71 Å². The van der Waals surface area contributed by atoms with Crippen LogP contribution in [0.3, 0.4) is 0 Å². The normalized spacial score (nSPS) is 13.1. The minimum atomic E-state index is 0.115. The van der Waals surface area contributed by atoms with Crippen molar-refractivity contribution in [2.45, 2.75) is 27.7 Å². The predicted molar refractivity (Wildman–Crippen MR) is 218 cm³/mol. The first-order chi connectivity index (χ1) is 24.4. The topological polar surface area (TPSA) is 6.48 Å². The lowest BCUT2D eigenvalue weighted by Gasteiger charge is -2.44. The molecule has 7 aromatic carbocycles. The van der Waals surface area contributed by atoms with Crippen molar-refractivity contribution in [1.82, 2.24) is 0 Å². The Balaban J connectivity index is 1.28. The number of benzene rings is 7. The van der Waals surface area contributed by atoms with Crippen LogP contribution in [0.25, 0.3) is 31.3 Å². The fourth-order valence-electron chi connectivity index (χ4n) is 8.43. The van der Waals surface area contributed by atoms with Gasteiger partial charge in [-0.25, -0.2) is 0 Å². The molecule has 1 aromatic heterocycles. The van der Waals surface area contributed by atoms with Crippen LogP contribution in [0.15, 0.2) is 140 Å². The summed E-state index contributed by atoms with van der Waals surface area (Å²) in [7, 11) is 0. The molecule has 2 aliphatic rings. The number of rotatable bonds is 3. The Hall–Kier alpha value is -5.58. The molecule has 0 atom stereocenters. The molecule has 238 valence electrons. The third-order valence-electron chi connectivity index (χ3n) is 10.7. The third-order valence-corrected chi connectivity index (χ3v) is 11.9. The van der Waals surface area contributed by atoms with Crippen LogP contribution < -0.4 is 26.2 Å². The Morgan fingerprint density at radius 1 is 0.440 bits per heavy atom. The van der Waals surface area contributed by atoms with E-state index in [1.807, 2.05) is 11.3 Å². The second-order valence-electron chi connectivity index (χ2n) is 14.1. The van der Waals surface area contributed by atoms with E-state index < -0.39 is 0 Å². The van der Waals surface area contributed by atoms with E-state index in [4.69, 9.17) is 0 Å².